The van der Waals surface area contributed by atoms with Crippen LogP contribution >= 0.6 is 0 Å². The number of rotatable bonds is 4. The number of ketones is 1. The molecule has 2 heterocycles. The summed E-state index contributed by atoms with van der Waals surface area (Å²) in [6, 6.07) is 9.96. The third kappa shape index (κ3) is 3.78. The van der Waals surface area contributed by atoms with Gasteiger partial charge >= 0.3 is 0 Å². The van der Waals surface area contributed by atoms with Gasteiger partial charge in [-0.25, -0.2) is 0 Å². The van der Waals surface area contributed by atoms with Crippen LogP contribution in [0.1, 0.15) is 50.4 Å². The lowest BCUT2D eigenvalue weighted by molar-refractivity contribution is 0.0780. The maximum absolute atomic E-state index is 13.1. The second-order valence-corrected chi connectivity index (χ2v) is 7.87. The van der Waals surface area contributed by atoms with Gasteiger partial charge in [0.05, 0.1) is 0 Å². The van der Waals surface area contributed by atoms with Crippen LogP contribution < -0.4 is 5.56 Å². The van der Waals surface area contributed by atoms with Crippen molar-refractivity contribution in [3.05, 3.63) is 68.6 Å². The largest absolute Gasteiger partial charge is 0.336 e. The Morgan fingerprint density at radius 3 is 2.29 bits per heavy atom. The number of aromatic nitrogens is 1. The molecule has 0 saturated carbocycles. The minimum absolute atomic E-state index is 0.0258. The first-order valence-corrected chi connectivity index (χ1v) is 9.46. The predicted molar refractivity (Wildman–Crippen MR) is 109 cm³/mol. The van der Waals surface area contributed by atoms with Crippen molar-refractivity contribution >= 4 is 11.7 Å². The standard InChI is InChI=1S/C22H27N3O3/c1-13-6-8-16(9-7-13)19-11-25(12-20(19)24(4)5)22(28)18-10-17(15(3)26)14(2)23-21(18)27/h6-10,19-20H,11-12H2,1-5H3,(H,23,27)/t19-,20+/m0/s1. The highest BCUT2D eigenvalue weighted by Crippen LogP contribution is 2.31. The second-order valence-electron chi connectivity index (χ2n) is 7.87. The molecule has 0 radical (unpaired) electrons. The van der Waals surface area contributed by atoms with Crippen LogP contribution in [0.2, 0.25) is 0 Å². The van der Waals surface area contributed by atoms with E-state index in [0.717, 1.165) is 0 Å². The number of likely N-dealkylation sites (N-methyl/N-ethyl adjacent to an activating group) is 1. The van der Waals surface area contributed by atoms with E-state index in [1.807, 2.05) is 21.0 Å². The van der Waals surface area contributed by atoms with Gasteiger partial charge in [0.1, 0.15) is 5.56 Å². The molecule has 1 aromatic heterocycles. The molecule has 0 bridgehead atoms. The molecule has 0 unspecified atom stereocenters. The zero-order valence-electron chi connectivity index (χ0n) is 17.1. The third-order valence-corrected chi connectivity index (χ3v) is 5.59. The summed E-state index contributed by atoms with van der Waals surface area (Å²) in [6.45, 7) is 6.21. The minimum Gasteiger partial charge on any atom is -0.336 e. The van der Waals surface area contributed by atoms with Crippen molar-refractivity contribution in [3.63, 3.8) is 0 Å². The number of carbonyl (C=O) groups excluding carboxylic acids is 2. The molecule has 6 nitrogen and oxygen atoms in total. The molecule has 1 fully saturated rings. The van der Waals surface area contributed by atoms with Crippen LogP contribution in [-0.4, -0.2) is 59.7 Å². The summed E-state index contributed by atoms with van der Waals surface area (Å²) in [7, 11) is 4.01. The molecule has 1 aliphatic heterocycles. The maximum Gasteiger partial charge on any atom is 0.261 e. The Morgan fingerprint density at radius 2 is 1.71 bits per heavy atom. The van der Waals surface area contributed by atoms with Crippen molar-refractivity contribution in [2.24, 2.45) is 0 Å². The number of hydrogen-bond donors (Lipinski definition) is 1. The second kappa shape index (κ2) is 7.72. The van der Waals surface area contributed by atoms with Gasteiger partial charge in [-0.3, -0.25) is 14.4 Å². The molecular weight excluding hydrogens is 354 g/mol. The minimum atomic E-state index is -0.451. The fraction of sp³-hybridized carbons (Fsp3) is 0.409. The highest BCUT2D eigenvalue weighted by atomic mass is 16.2. The molecule has 1 saturated heterocycles. The number of benzene rings is 1. The first kappa shape index (κ1) is 20.0. The SMILES string of the molecule is CC(=O)c1cc(C(=O)N2C[C@@H](N(C)C)[C@H](c3ccc(C)cc3)C2)c(=O)[nH]c1C. The summed E-state index contributed by atoms with van der Waals surface area (Å²) in [5.74, 6) is -0.338. The van der Waals surface area contributed by atoms with Crippen LogP contribution in [0, 0.1) is 13.8 Å². The summed E-state index contributed by atoms with van der Waals surface area (Å²) >= 11 is 0. The van der Waals surface area contributed by atoms with E-state index in [0.29, 0.717) is 24.3 Å². The number of aromatic amines is 1. The van der Waals surface area contributed by atoms with E-state index >= 15 is 0 Å². The molecular formula is C22H27N3O3. The monoisotopic (exact) mass is 381 g/mol. The van der Waals surface area contributed by atoms with Crippen molar-refractivity contribution in [2.45, 2.75) is 32.7 Å². The highest BCUT2D eigenvalue weighted by Gasteiger charge is 2.38. The summed E-state index contributed by atoms with van der Waals surface area (Å²) in [5, 5.41) is 0. The normalized spacial score (nSPS) is 19.3. The van der Waals surface area contributed by atoms with Gasteiger partial charge in [-0.05, 0) is 46.5 Å². The van der Waals surface area contributed by atoms with Gasteiger partial charge < -0.3 is 14.8 Å². The number of aryl methyl sites for hydroxylation is 2. The fourth-order valence-electron chi connectivity index (χ4n) is 3.93. The summed E-state index contributed by atoms with van der Waals surface area (Å²) in [6.07, 6.45) is 0. The van der Waals surface area contributed by atoms with Crippen LogP contribution in [-0.2, 0) is 0 Å². The van der Waals surface area contributed by atoms with Gasteiger partial charge in [-0.2, -0.15) is 0 Å². The predicted octanol–water partition coefficient (Wildman–Crippen LogP) is 2.36. The van der Waals surface area contributed by atoms with Crippen molar-refractivity contribution in [1.82, 2.24) is 14.8 Å². The number of likely N-dealkylation sites (tertiary alicyclic amines) is 1. The molecule has 6 heteroatoms. The Kier molecular flexibility index (Phi) is 5.52. The molecule has 0 spiro atoms. The van der Waals surface area contributed by atoms with Crippen molar-refractivity contribution in [2.75, 3.05) is 27.2 Å². The Bertz CT molecular complexity index is 960. The number of hydrogen-bond acceptors (Lipinski definition) is 4. The number of pyridine rings is 1. The topological polar surface area (TPSA) is 73.5 Å². The molecule has 0 aliphatic carbocycles. The number of H-pyrrole nitrogens is 1. The van der Waals surface area contributed by atoms with E-state index in [4.69, 9.17) is 0 Å². The maximum atomic E-state index is 13.1. The van der Waals surface area contributed by atoms with Crippen molar-refractivity contribution in [3.8, 4) is 0 Å². The van der Waals surface area contributed by atoms with E-state index in [2.05, 4.69) is 34.1 Å². The van der Waals surface area contributed by atoms with Gasteiger partial charge in [0, 0.05) is 36.3 Å². The van der Waals surface area contributed by atoms with Gasteiger partial charge in [-0.15, -0.1) is 0 Å². The molecule has 148 valence electrons. The molecule has 1 amide bonds. The van der Waals surface area contributed by atoms with Gasteiger partial charge in [0.2, 0.25) is 0 Å². The number of amides is 1. The Labute approximate surface area is 165 Å². The number of nitrogens with zero attached hydrogens (tertiary/aromatic N) is 2. The van der Waals surface area contributed by atoms with Gasteiger partial charge in [-0.1, -0.05) is 29.8 Å². The van der Waals surface area contributed by atoms with Gasteiger partial charge in [0.25, 0.3) is 11.5 Å². The number of carbonyl (C=O) groups is 2. The molecule has 2 aromatic rings. The summed E-state index contributed by atoms with van der Waals surface area (Å²) < 4.78 is 0. The number of Topliss-reactive ketones (excluding diaryl/α,β-unsaturated/α-hetero) is 1. The average Bonchev–Trinajstić information content (AvgIpc) is 3.07. The Balaban J connectivity index is 1.93. The third-order valence-electron chi connectivity index (χ3n) is 5.59. The summed E-state index contributed by atoms with van der Waals surface area (Å²) in [4.78, 5) is 43.8. The molecule has 28 heavy (non-hydrogen) atoms. The lowest BCUT2D eigenvalue weighted by Gasteiger charge is -2.25. The van der Waals surface area contributed by atoms with Crippen LogP contribution in [0.4, 0.5) is 0 Å². The molecule has 3 rings (SSSR count). The molecule has 2 atom stereocenters. The Hall–Kier alpha value is -2.73. The van der Waals surface area contributed by atoms with E-state index < -0.39 is 5.56 Å². The Morgan fingerprint density at radius 1 is 1.07 bits per heavy atom. The quantitative estimate of drug-likeness (QED) is 0.825. The first-order chi connectivity index (χ1) is 13.2. The van der Waals surface area contributed by atoms with Crippen LogP contribution in [0.3, 0.4) is 0 Å². The lowest BCUT2D eigenvalue weighted by Crippen LogP contribution is -2.37. The lowest BCUT2D eigenvalue weighted by atomic mass is 9.93. The first-order valence-electron chi connectivity index (χ1n) is 9.46. The van der Waals surface area contributed by atoms with E-state index in [1.165, 1.54) is 24.1 Å². The van der Waals surface area contributed by atoms with Crippen LogP contribution in [0.5, 0.6) is 0 Å². The smallest absolute Gasteiger partial charge is 0.261 e. The molecule has 1 N–H and O–H groups in total. The zero-order valence-corrected chi connectivity index (χ0v) is 17.1. The van der Waals surface area contributed by atoms with Crippen molar-refractivity contribution < 1.29 is 9.59 Å². The van der Waals surface area contributed by atoms with Crippen LogP contribution in [0.15, 0.2) is 35.1 Å². The van der Waals surface area contributed by atoms with E-state index in [1.54, 1.807) is 11.8 Å². The fourth-order valence-corrected chi connectivity index (χ4v) is 3.93. The highest BCUT2D eigenvalue weighted by molar-refractivity contribution is 6.00. The number of nitrogens with one attached hydrogen (secondary N) is 1. The van der Waals surface area contributed by atoms with E-state index in [-0.39, 0.29) is 29.2 Å². The van der Waals surface area contributed by atoms with Crippen molar-refractivity contribution in [1.29, 1.82) is 0 Å². The van der Waals surface area contributed by atoms with Gasteiger partial charge in [0.15, 0.2) is 5.78 Å². The molecule has 1 aliphatic rings. The van der Waals surface area contributed by atoms with Crippen LogP contribution in [0.25, 0.3) is 0 Å². The zero-order chi connectivity index (χ0) is 20.6. The molecule has 1 aromatic carbocycles. The van der Waals surface area contributed by atoms with E-state index in [9.17, 15) is 14.4 Å². The average molecular weight is 381 g/mol. The summed E-state index contributed by atoms with van der Waals surface area (Å²) in [5.41, 5.74) is 2.81.